The molecule has 1 saturated carbocycles. The van der Waals surface area contributed by atoms with Gasteiger partial charge in [-0.2, -0.15) is 0 Å². The Balaban J connectivity index is 1.95. The fourth-order valence-electron chi connectivity index (χ4n) is 2.27. The van der Waals surface area contributed by atoms with Gasteiger partial charge in [0.05, 0.1) is 0 Å². The molecule has 0 spiro atoms. The van der Waals surface area contributed by atoms with Crippen LogP contribution in [0.25, 0.3) is 0 Å². The number of anilines is 1. The van der Waals surface area contributed by atoms with Gasteiger partial charge in [-0.25, -0.2) is 4.39 Å². The minimum absolute atomic E-state index is 0.119. The lowest BCUT2D eigenvalue weighted by molar-refractivity contribution is 0.578. The molecule has 0 bridgehead atoms. The van der Waals surface area contributed by atoms with Crippen molar-refractivity contribution in [3.63, 3.8) is 0 Å². The second-order valence-electron chi connectivity index (χ2n) is 4.44. The number of hydrogen-bond acceptors (Lipinski definition) is 1. The van der Waals surface area contributed by atoms with E-state index in [4.69, 9.17) is 0 Å². The zero-order valence-corrected chi connectivity index (χ0v) is 9.22. The van der Waals surface area contributed by atoms with E-state index in [1.807, 2.05) is 13.0 Å². The Kier molecular flexibility index (Phi) is 3.24. The average Bonchev–Trinajstić information content (AvgIpc) is 2.73. The highest BCUT2D eigenvalue weighted by molar-refractivity contribution is 5.50. The topological polar surface area (TPSA) is 12.0 Å². The van der Waals surface area contributed by atoms with Crippen LogP contribution in [0.4, 0.5) is 10.1 Å². The lowest BCUT2D eigenvalue weighted by Crippen LogP contribution is -2.11. The maximum absolute atomic E-state index is 13.2. The largest absolute Gasteiger partial charge is 0.384 e. The lowest BCUT2D eigenvalue weighted by atomic mass is 10.1. The fourth-order valence-corrected chi connectivity index (χ4v) is 2.27. The van der Waals surface area contributed by atoms with Crippen LogP contribution in [0.2, 0.25) is 0 Å². The molecule has 0 atom stereocenters. The number of nitrogens with one attached hydrogen (secondary N) is 1. The van der Waals surface area contributed by atoms with Crippen molar-refractivity contribution in [2.45, 2.75) is 32.6 Å². The van der Waals surface area contributed by atoms with Crippen molar-refractivity contribution in [1.29, 1.82) is 0 Å². The summed E-state index contributed by atoms with van der Waals surface area (Å²) >= 11 is 0. The summed E-state index contributed by atoms with van der Waals surface area (Å²) in [5, 5.41) is 3.36. The smallest absolute Gasteiger partial charge is 0.128 e. The van der Waals surface area contributed by atoms with E-state index in [1.54, 1.807) is 6.07 Å². The highest BCUT2D eigenvalue weighted by Crippen LogP contribution is 2.25. The van der Waals surface area contributed by atoms with E-state index in [9.17, 15) is 4.39 Å². The number of hydrogen-bond donors (Lipinski definition) is 1. The van der Waals surface area contributed by atoms with E-state index in [0.29, 0.717) is 0 Å². The molecule has 0 aromatic heterocycles. The van der Waals surface area contributed by atoms with Crippen LogP contribution in [-0.2, 0) is 0 Å². The predicted molar refractivity (Wildman–Crippen MR) is 61.6 cm³/mol. The molecule has 2 heteroatoms. The number of benzene rings is 1. The SMILES string of the molecule is Cc1c(F)cccc1NCC1CCCC1. The Morgan fingerprint density at radius 2 is 2.07 bits per heavy atom. The molecule has 1 aliphatic carbocycles. The zero-order valence-electron chi connectivity index (χ0n) is 9.22. The van der Waals surface area contributed by atoms with Crippen molar-refractivity contribution in [3.05, 3.63) is 29.6 Å². The molecule has 1 N–H and O–H groups in total. The predicted octanol–water partition coefficient (Wildman–Crippen LogP) is 3.74. The van der Waals surface area contributed by atoms with Gasteiger partial charge in [-0.15, -0.1) is 0 Å². The van der Waals surface area contributed by atoms with Crippen molar-refractivity contribution in [2.75, 3.05) is 11.9 Å². The Bertz CT molecular complexity index is 329. The molecule has 1 fully saturated rings. The van der Waals surface area contributed by atoms with E-state index in [2.05, 4.69) is 5.32 Å². The molecule has 1 aromatic carbocycles. The number of halogens is 1. The maximum atomic E-state index is 13.2. The molecule has 1 aromatic rings. The molecule has 15 heavy (non-hydrogen) atoms. The first kappa shape index (κ1) is 10.5. The van der Waals surface area contributed by atoms with Crippen molar-refractivity contribution >= 4 is 5.69 Å². The second-order valence-corrected chi connectivity index (χ2v) is 4.44. The van der Waals surface area contributed by atoms with Gasteiger partial charge < -0.3 is 5.32 Å². The van der Waals surface area contributed by atoms with Gasteiger partial charge in [-0.3, -0.25) is 0 Å². The highest BCUT2D eigenvalue weighted by atomic mass is 19.1. The summed E-state index contributed by atoms with van der Waals surface area (Å²) in [6, 6.07) is 5.22. The normalized spacial score (nSPS) is 16.9. The molecule has 82 valence electrons. The van der Waals surface area contributed by atoms with Gasteiger partial charge in [0.15, 0.2) is 0 Å². The van der Waals surface area contributed by atoms with Crippen molar-refractivity contribution < 1.29 is 4.39 Å². The van der Waals surface area contributed by atoms with Crippen LogP contribution in [0.15, 0.2) is 18.2 Å². The van der Waals surface area contributed by atoms with Crippen LogP contribution in [-0.4, -0.2) is 6.54 Å². The first-order valence-corrected chi connectivity index (χ1v) is 5.76. The van der Waals surface area contributed by atoms with Crippen molar-refractivity contribution in [1.82, 2.24) is 0 Å². The summed E-state index contributed by atoms with van der Waals surface area (Å²) in [7, 11) is 0. The molecule has 1 nitrogen and oxygen atoms in total. The van der Waals surface area contributed by atoms with E-state index in [1.165, 1.54) is 31.7 Å². The summed E-state index contributed by atoms with van der Waals surface area (Å²) in [5.74, 6) is 0.666. The van der Waals surface area contributed by atoms with Crippen molar-refractivity contribution in [2.24, 2.45) is 5.92 Å². The minimum Gasteiger partial charge on any atom is -0.384 e. The summed E-state index contributed by atoms with van der Waals surface area (Å²) < 4.78 is 13.2. The first-order valence-electron chi connectivity index (χ1n) is 5.76. The Morgan fingerprint density at radius 1 is 1.33 bits per heavy atom. The van der Waals surface area contributed by atoms with Crippen LogP contribution in [0, 0.1) is 18.7 Å². The average molecular weight is 207 g/mol. The fraction of sp³-hybridized carbons (Fsp3) is 0.538. The molecule has 0 unspecified atom stereocenters. The van der Waals surface area contributed by atoms with E-state index in [-0.39, 0.29) is 5.82 Å². The highest BCUT2D eigenvalue weighted by Gasteiger charge is 2.14. The van der Waals surface area contributed by atoms with Gasteiger partial charge in [-0.1, -0.05) is 18.9 Å². The summed E-state index contributed by atoms with van der Waals surface area (Å²) in [4.78, 5) is 0. The van der Waals surface area contributed by atoms with Crippen LogP contribution in [0.1, 0.15) is 31.2 Å². The van der Waals surface area contributed by atoms with Crippen LogP contribution >= 0.6 is 0 Å². The summed E-state index contributed by atoms with van der Waals surface area (Å²) in [5.41, 5.74) is 1.68. The number of rotatable bonds is 3. The molecule has 0 aliphatic heterocycles. The Hall–Kier alpha value is -1.05. The van der Waals surface area contributed by atoms with Crippen molar-refractivity contribution in [3.8, 4) is 0 Å². The van der Waals surface area contributed by atoms with E-state index < -0.39 is 0 Å². The molecular weight excluding hydrogens is 189 g/mol. The third-order valence-corrected chi connectivity index (χ3v) is 3.32. The Morgan fingerprint density at radius 3 is 2.80 bits per heavy atom. The monoisotopic (exact) mass is 207 g/mol. The van der Waals surface area contributed by atoms with Gasteiger partial charge in [0.2, 0.25) is 0 Å². The standard InChI is InChI=1S/C13H18FN/c1-10-12(14)7-4-8-13(10)15-9-11-5-2-3-6-11/h4,7-8,11,15H,2-3,5-6,9H2,1H3. The molecule has 0 amide bonds. The molecular formula is C13H18FN. The molecule has 0 heterocycles. The van der Waals surface area contributed by atoms with E-state index in [0.717, 1.165) is 23.7 Å². The third kappa shape index (κ3) is 2.49. The maximum Gasteiger partial charge on any atom is 0.128 e. The van der Waals surface area contributed by atoms with Gasteiger partial charge >= 0.3 is 0 Å². The van der Waals surface area contributed by atoms with Gasteiger partial charge in [0, 0.05) is 17.8 Å². The van der Waals surface area contributed by atoms with Gasteiger partial charge in [0.1, 0.15) is 5.82 Å². The molecule has 0 radical (unpaired) electrons. The van der Waals surface area contributed by atoms with Gasteiger partial charge in [-0.05, 0) is 37.8 Å². The Labute approximate surface area is 90.7 Å². The first-order chi connectivity index (χ1) is 7.27. The van der Waals surface area contributed by atoms with Crippen LogP contribution in [0.3, 0.4) is 0 Å². The van der Waals surface area contributed by atoms with Crippen LogP contribution < -0.4 is 5.32 Å². The lowest BCUT2D eigenvalue weighted by Gasteiger charge is -2.13. The second kappa shape index (κ2) is 4.65. The molecule has 2 rings (SSSR count). The van der Waals surface area contributed by atoms with E-state index >= 15 is 0 Å². The summed E-state index contributed by atoms with van der Waals surface area (Å²) in [6.07, 6.45) is 5.35. The minimum atomic E-state index is -0.119. The molecule has 1 aliphatic rings. The quantitative estimate of drug-likeness (QED) is 0.796. The molecule has 0 saturated heterocycles. The van der Waals surface area contributed by atoms with Gasteiger partial charge in [0.25, 0.3) is 0 Å². The van der Waals surface area contributed by atoms with Crippen LogP contribution in [0.5, 0.6) is 0 Å². The summed E-state index contributed by atoms with van der Waals surface area (Å²) in [6.45, 7) is 2.82. The zero-order chi connectivity index (χ0) is 10.7. The third-order valence-electron chi connectivity index (χ3n) is 3.32.